The molecule has 6 heteroatoms. The van der Waals surface area contributed by atoms with E-state index in [0.717, 1.165) is 0 Å². The number of aryl methyl sites for hydroxylation is 1. The van der Waals surface area contributed by atoms with Crippen molar-refractivity contribution in [1.82, 2.24) is 14.8 Å². The molecular formula is C12H19N3O3. The summed E-state index contributed by atoms with van der Waals surface area (Å²) in [5.41, 5.74) is -0.706. The van der Waals surface area contributed by atoms with Crippen molar-refractivity contribution in [2.45, 2.75) is 38.3 Å². The normalized spacial score (nSPS) is 18.8. The van der Waals surface area contributed by atoms with Crippen LogP contribution in [0.4, 0.5) is 0 Å². The van der Waals surface area contributed by atoms with Crippen molar-refractivity contribution in [3.8, 4) is 0 Å². The van der Waals surface area contributed by atoms with Crippen LogP contribution in [-0.2, 0) is 27.2 Å². The predicted octanol–water partition coefficient (Wildman–Crippen LogP) is 0.605. The van der Waals surface area contributed by atoms with E-state index in [0.29, 0.717) is 38.4 Å². The van der Waals surface area contributed by atoms with Gasteiger partial charge in [0, 0.05) is 39.7 Å². The molecule has 0 aromatic carbocycles. The third-order valence-corrected chi connectivity index (χ3v) is 3.51. The van der Waals surface area contributed by atoms with E-state index in [4.69, 9.17) is 9.47 Å². The first-order chi connectivity index (χ1) is 8.72. The second-order valence-electron chi connectivity index (χ2n) is 4.40. The quantitative estimate of drug-likeness (QED) is 0.769. The second-order valence-corrected chi connectivity index (χ2v) is 4.40. The molecule has 0 spiro atoms. The predicted molar refractivity (Wildman–Crippen MR) is 64.2 cm³/mol. The number of carbonyl (C=O) groups excluding carboxylic acids is 1. The summed E-state index contributed by atoms with van der Waals surface area (Å²) in [6.07, 6.45) is 2.97. The van der Waals surface area contributed by atoms with Gasteiger partial charge in [0.1, 0.15) is 17.8 Å². The molecule has 0 amide bonds. The highest BCUT2D eigenvalue weighted by Gasteiger charge is 2.40. The van der Waals surface area contributed by atoms with Crippen molar-refractivity contribution >= 4 is 5.78 Å². The van der Waals surface area contributed by atoms with Crippen LogP contribution in [0.25, 0.3) is 0 Å². The molecule has 1 fully saturated rings. The molecular weight excluding hydrogens is 234 g/mol. The highest BCUT2D eigenvalue weighted by molar-refractivity contribution is 5.88. The van der Waals surface area contributed by atoms with Gasteiger partial charge in [-0.05, 0) is 6.92 Å². The van der Waals surface area contributed by atoms with Crippen molar-refractivity contribution in [2.75, 3.05) is 20.3 Å². The zero-order valence-electron chi connectivity index (χ0n) is 10.9. The molecule has 0 radical (unpaired) electrons. The van der Waals surface area contributed by atoms with Crippen LogP contribution in [0.2, 0.25) is 0 Å². The number of hydrogen-bond donors (Lipinski definition) is 0. The van der Waals surface area contributed by atoms with Gasteiger partial charge in [-0.15, -0.1) is 0 Å². The van der Waals surface area contributed by atoms with Crippen LogP contribution in [0.15, 0.2) is 6.33 Å². The maximum absolute atomic E-state index is 12.4. The van der Waals surface area contributed by atoms with E-state index < -0.39 is 5.60 Å². The Balaban J connectivity index is 2.10. The Hall–Kier alpha value is -1.27. The summed E-state index contributed by atoms with van der Waals surface area (Å²) in [5, 5.41) is 4.07. The van der Waals surface area contributed by atoms with Crippen molar-refractivity contribution in [1.29, 1.82) is 0 Å². The number of hydrogen-bond acceptors (Lipinski definition) is 5. The summed E-state index contributed by atoms with van der Waals surface area (Å²) in [7, 11) is 1.59. The van der Waals surface area contributed by atoms with Gasteiger partial charge in [-0.3, -0.25) is 4.79 Å². The van der Waals surface area contributed by atoms with Crippen LogP contribution in [0.5, 0.6) is 0 Å². The Bertz CT molecular complexity index is 410. The van der Waals surface area contributed by atoms with E-state index in [2.05, 4.69) is 10.1 Å². The van der Waals surface area contributed by atoms with E-state index in [1.807, 2.05) is 6.92 Å². The van der Waals surface area contributed by atoms with Gasteiger partial charge >= 0.3 is 0 Å². The highest BCUT2D eigenvalue weighted by atomic mass is 16.5. The summed E-state index contributed by atoms with van der Waals surface area (Å²) in [6.45, 7) is 3.83. The molecule has 1 saturated heterocycles. The fourth-order valence-electron chi connectivity index (χ4n) is 2.29. The van der Waals surface area contributed by atoms with Gasteiger partial charge in [0.25, 0.3) is 0 Å². The molecule has 1 aliphatic heterocycles. The van der Waals surface area contributed by atoms with E-state index in [-0.39, 0.29) is 12.2 Å². The minimum absolute atomic E-state index is 0.0657. The number of nitrogens with zero attached hydrogens (tertiary/aromatic N) is 3. The lowest BCUT2D eigenvalue weighted by atomic mass is 9.87. The molecule has 1 aromatic rings. The van der Waals surface area contributed by atoms with Gasteiger partial charge in [0.05, 0.1) is 6.42 Å². The average Bonchev–Trinajstić information content (AvgIpc) is 2.86. The molecule has 0 aliphatic carbocycles. The smallest absolute Gasteiger partial charge is 0.172 e. The van der Waals surface area contributed by atoms with Crippen LogP contribution < -0.4 is 0 Å². The van der Waals surface area contributed by atoms with E-state index in [9.17, 15) is 4.79 Å². The molecule has 6 nitrogen and oxygen atoms in total. The number of methoxy groups -OCH3 is 1. The van der Waals surface area contributed by atoms with Gasteiger partial charge in [0.2, 0.25) is 0 Å². The molecule has 1 aromatic heterocycles. The first-order valence-electron chi connectivity index (χ1n) is 6.25. The fraction of sp³-hybridized carbons (Fsp3) is 0.750. The molecule has 0 bridgehead atoms. The van der Waals surface area contributed by atoms with Crippen molar-refractivity contribution in [3.05, 3.63) is 12.2 Å². The number of Topliss-reactive ketones (excluding diaryl/α,β-unsaturated/α-hetero) is 1. The van der Waals surface area contributed by atoms with Gasteiger partial charge in [-0.1, -0.05) is 0 Å². The van der Waals surface area contributed by atoms with E-state index in [1.54, 1.807) is 11.8 Å². The van der Waals surface area contributed by atoms with Gasteiger partial charge < -0.3 is 9.47 Å². The van der Waals surface area contributed by atoms with E-state index >= 15 is 0 Å². The van der Waals surface area contributed by atoms with Gasteiger partial charge in [-0.25, -0.2) is 9.67 Å². The highest BCUT2D eigenvalue weighted by Crippen LogP contribution is 2.26. The molecule has 2 heterocycles. The number of carbonyl (C=O) groups is 1. The fourth-order valence-corrected chi connectivity index (χ4v) is 2.29. The van der Waals surface area contributed by atoms with Crippen LogP contribution >= 0.6 is 0 Å². The van der Waals surface area contributed by atoms with Crippen LogP contribution in [0.1, 0.15) is 25.6 Å². The zero-order chi connectivity index (χ0) is 13.0. The van der Waals surface area contributed by atoms with Crippen molar-refractivity contribution in [2.24, 2.45) is 0 Å². The monoisotopic (exact) mass is 253 g/mol. The lowest BCUT2D eigenvalue weighted by molar-refractivity contribution is -0.152. The Morgan fingerprint density at radius 2 is 2.28 bits per heavy atom. The third kappa shape index (κ3) is 2.44. The Morgan fingerprint density at radius 1 is 1.56 bits per heavy atom. The first kappa shape index (κ1) is 13.2. The molecule has 0 N–H and O–H groups in total. The molecule has 0 unspecified atom stereocenters. The number of rotatable bonds is 5. The summed E-state index contributed by atoms with van der Waals surface area (Å²) in [6, 6.07) is 0. The summed E-state index contributed by atoms with van der Waals surface area (Å²) >= 11 is 0. The summed E-state index contributed by atoms with van der Waals surface area (Å²) in [5.74, 6) is 0.765. The Morgan fingerprint density at radius 3 is 2.89 bits per heavy atom. The minimum atomic E-state index is -0.706. The average molecular weight is 253 g/mol. The maximum atomic E-state index is 12.4. The van der Waals surface area contributed by atoms with Crippen LogP contribution in [-0.4, -0.2) is 46.5 Å². The Labute approximate surface area is 106 Å². The summed E-state index contributed by atoms with van der Waals surface area (Å²) < 4.78 is 12.5. The third-order valence-electron chi connectivity index (χ3n) is 3.51. The van der Waals surface area contributed by atoms with Gasteiger partial charge in [0.15, 0.2) is 5.78 Å². The second kappa shape index (κ2) is 5.58. The minimum Gasteiger partial charge on any atom is -0.381 e. The van der Waals surface area contributed by atoms with Crippen molar-refractivity contribution < 1.29 is 14.3 Å². The SMILES string of the molecule is CCn1ncnc1CC(=O)C1(OC)CCOCC1. The number of ether oxygens (including phenoxy) is 2. The molecule has 1 aliphatic rings. The van der Waals surface area contributed by atoms with E-state index in [1.165, 1.54) is 6.33 Å². The molecule has 2 rings (SSSR count). The zero-order valence-corrected chi connectivity index (χ0v) is 10.9. The number of aromatic nitrogens is 3. The first-order valence-corrected chi connectivity index (χ1v) is 6.25. The lowest BCUT2D eigenvalue weighted by Gasteiger charge is -2.34. The topological polar surface area (TPSA) is 66.2 Å². The standard InChI is InChI=1S/C12H19N3O3/c1-3-15-11(13-9-14-15)8-10(16)12(17-2)4-6-18-7-5-12/h9H,3-8H2,1-2H3. The molecule has 0 saturated carbocycles. The van der Waals surface area contributed by atoms with Crippen molar-refractivity contribution in [3.63, 3.8) is 0 Å². The number of ketones is 1. The van der Waals surface area contributed by atoms with Crippen LogP contribution in [0.3, 0.4) is 0 Å². The van der Waals surface area contributed by atoms with Crippen LogP contribution in [0, 0.1) is 0 Å². The largest absolute Gasteiger partial charge is 0.381 e. The van der Waals surface area contributed by atoms with Gasteiger partial charge in [-0.2, -0.15) is 5.10 Å². The molecule has 100 valence electrons. The summed E-state index contributed by atoms with van der Waals surface area (Å²) in [4.78, 5) is 16.6. The molecule has 18 heavy (non-hydrogen) atoms. The molecule has 0 atom stereocenters. The Kier molecular flexibility index (Phi) is 4.08. The maximum Gasteiger partial charge on any atom is 0.172 e. The lowest BCUT2D eigenvalue weighted by Crippen LogP contribution is -2.46.